The predicted octanol–water partition coefficient (Wildman–Crippen LogP) is 5.72. The molecule has 0 saturated heterocycles. The second-order valence-electron chi connectivity index (χ2n) is 5.95. The van der Waals surface area contributed by atoms with Crippen molar-refractivity contribution < 1.29 is 4.74 Å². The number of hydrogen-bond acceptors (Lipinski definition) is 1. The van der Waals surface area contributed by atoms with Crippen LogP contribution in [0.4, 0.5) is 0 Å². The number of hydrogen-bond donors (Lipinski definition) is 0. The molecule has 0 saturated carbocycles. The van der Waals surface area contributed by atoms with Crippen LogP contribution in [-0.4, -0.2) is 12.2 Å². The van der Waals surface area contributed by atoms with Crippen molar-refractivity contribution in [2.24, 2.45) is 0 Å². The lowest BCUT2D eigenvalue weighted by atomic mass is 9.97. The van der Waals surface area contributed by atoms with Gasteiger partial charge in [-0.3, -0.25) is 0 Å². The topological polar surface area (TPSA) is 9.23 Å². The van der Waals surface area contributed by atoms with Gasteiger partial charge in [0.05, 0.1) is 12.2 Å². The van der Waals surface area contributed by atoms with E-state index < -0.39 is 0 Å². The lowest BCUT2D eigenvalue weighted by Gasteiger charge is -2.28. The van der Waals surface area contributed by atoms with E-state index in [1.165, 1.54) is 31.2 Å². The van der Waals surface area contributed by atoms with Crippen molar-refractivity contribution in [1.29, 1.82) is 0 Å². The van der Waals surface area contributed by atoms with E-state index in [1.54, 1.807) is 0 Å². The number of ether oxygens (including phenoxy) is 1. The zero-order valence-corrected chi connectivity index (χ0v) is 13.4. The minimum absolute atomic E-state index is 0.184. The highest BCUT2D eigenvalue weighted by Gasteiger charge is 2.21. The summed E-state index contributed by atoms with van der Waals surface area (Å²) in [6.07, 6.45) is 8.13. The van der Waals surface area contributed by atoms with Crippen LogP contribution in [0.2, 0.25) is 0 Å². The molecule has 0 heterocycles. The van der Waals surface area contributed by atoms with E-state index in [1.807, 2.05) is 6.08 Å². The molecule has 0 radical (unpaired) electrons. The molecule has 0 aliphatic rings. The van der Waals surface area contributed by atoms with Gasteiger partial charge < -0.3 is 4.74 Å². The van der Waals surface area contributed by atoms with Crippen molar-refractivity contribution in [3.63, 3.8) is 0 Å². The van der Waals surface area contributed by atoms with Crippen molar-refractivity contribution in [2.75, 3.05) is 6.61 Å². The maximum absolute atomic E-state index is 6.16. The lowest BCUT2D eigenvalue weighted by molar-refractivity contribution is -0.00799. The van der Waals surface area contributed by atoms with Gasteiger partial charge in [0.2, 0.25) is 0 Å². The van der Waals surface area contributed by atoms with E-state index in [4.69, 9.17) is 4.74 Å². The van der Waals surface area contributed by atoms with Gasteiger partial charge in [-0.25, -0.2) is 0 Å². The molecule has 0 bridgehead atoms. The van der Waals surface area contributed by atoms with Crippen molar-refractivity contribution in [2.45, 2.75) is 64.4 Å². The van der Waals surface area contributed by atoms with Gasteiger partial charge in [0.1, 0.15) is 0 Å². The maximum Gasteiger partial charge on any atom is 0.0832 e. The first-order valence-corrected chi connectivity index (χ1v) is 7.94. The fourth-order valence-electron chi connectivity index (χ4n) is 2.33. The van der Waals surface area contributed by atoms with Gasteiger partial charge in [0.25, 0.3) is 0 Å². The van der Waals surface area contributed by atoms with E-state index in [2.05, 4.69) is 57.7 Å². The average molecular weight is 274 g/mol. The van der Waals surface area contributed by atoms with E-state index in [9.17, 15) is 0 Å². The Morgan fingerprint density at radius 2 is 1.90 bits per heavy atom. The molecule has 112 valence electrons. The summed E-state index contributed by atoms with van der Waals surface area (Å²) >= 11 is 0. The van der Waals surface area contributed by atoms with Crippen LogP contribution >= 0.6 is 0 Å². The molecule has 0 N–H and O–H groups in total. The number of unbranched alkanes of at least 4 members (excludes halogenated alkanes) is 3. The summed E-state index contributed by atoms with van der Waals surface area (Å²) in [5.74, 6) is 0.422. The van der Waals surface area contributed by atoms with Crippen LogP contribution in [0.25, 0.3) is 0 Å². The molecule has 0 aliphatic carbocycles. The highest BCUT2D eigenvalue weighted by atomic mass is 16.5. The lowest BCUT2D eigenvalue weighted by Crippen LogP contribution is -2.27. The minimum atomic E-state index is -0.184. The summed E-state index contributed by atoms with van der Waals surface area (Å²) in [4.78, 5) is 0. The second kappa shape index (κ2) is 8.97. The molecule has 1 aromatic rings. The van der Waals surface area contributed by atoms with Gasteiger partial charge in [-0.05, 0) is 18.9 Å². The first-order chi connectivity index (χ1) is 9.61. The van der Waals surface area contributed by atoms with Gasteiger partial charge in [-0.2, -0.15) is 0 Å². The Kier molecular flexibility index (Phi) is 7.61. The fourth-order valence-corrected chi connectivity index (χ4v) is 2.33. The molecule has 20 heavy (non-hydrogen) atoms. The first-order valence-electron chi connectivity index (χ1n) is 7.94. The van der Waals surface area contributed by atoms with Crippen LogP contribution in [0.15, 0.2) is 43.0 Å². The normalized spacial score (nSPS) is 15.6. The van der Waals surface area contributed by atoms with E-state index in [-0.39, 0.29) is 5.60 Å². The summed E-state index contributed by atoms with van der Waals surface area (Å²) in [6, 6.07) is 10.6. The SMILES string of the molecule is C=CC(C)(CCCCCC)OC[C@H](C)c1ccccc1. The molecule has 1 rings (SSSR count). The molecular weight excluding hydrogens is 244 g/mol. The largest absolute Gasteiger partial charge is 0.371 e. The maximum atomic E-state index is 6.16. The van der Waals surface area contributed by atoms with Gasteiger partial charge in [-0.1, -0.05) is 75.9 Å². The van der Waals surface area contributed by atoms with Crippen LogP contribution in [0.1, 0.15) is 64.4 Å². The van der Waals surface area contributed by atoms with Crippen LogP contribution in [0.3, 0.4) is 0 Å². The Bertz CT molecular complexity index is 371. The summed E-state index contributed by atoms with van der Waals surface area (Å²) < 4.78 is 6.16. The zero-order valence-electron chi connectivity index (χ0n) is 13.4. The molecular formula is C19H30O. The first kappa shape index (κ1) is 17.0. The molecule has 1 aromatic carbocycles. The van der Waals surface area contributed by atoms with Crippen molar-refractivity contribution in [1.82, 2.24) is 0 Å². The Morgan fingerprint density at radius 3 is 2.50 bits per heavy atom. The molecule has 0 aliphatic heterocycles. The molecule has 1 heteroatoms. The smallest absolute Gasteiger partial charge is 0.0832 e. The average Bonchev–Trinajstić information content (AvgIpc) is 2.50. The predicted molar refractivity (Wildman–Crippen MR) is 88.2 cm³/mol. The highest BCUT2D eigenvalue weighted by molar-refractivity contribution is 5.18. The molecule has 0 aromatic heterocycles. The molecule has 1 unspecified atom stereocenters. The fraction of sp³-hybridized carbons (Fsp3) is 0.579. The molecule has 2 atom stereocenters. The minimum Gasteiger partial charge on any atom is -0.371 e. The Labute approximate surface area is 125 Å². The molecule has 0 amide bonds. The second-order valence-corrected chi connectivity index (χ2v) is 5.95. The quantitative estimate of drug-likeness (QED) is 0.391. The Balaban J connectivity index is 2.41. The molecule has 0 spiro atoms. The van der Waals surface area contributed by atoms with Crippen LogP contribution in [0.5, 0.6) is 0 Å². The van der Waals surface area contributed by atoms with Crippen LogP contribution < -0.4 is 0 Å². The third-order valence-electron chi connectivity index (χ3n) is 3.99. The molecule has 1 nitrogen and oxygen atoms in total. The Morgan fingerprint density at radius 1 is 1.20 bits per heavy atom. The van der Waals surface area contributed by atoms with E-state index in [0.29, 0.717) is 5.92 Å². The monoisotopic (exact) mass is 274 g/mol. The third kappa shape index (κ3) is 5.92. The summed E-state index contributed by atoms with van der Waals surface area (Å²) in [5.41, 5.74) is 1.15. The van der Waals surface area contributed by atoms with Gasteiger partial charge in [0, 0.05) is 5.92 Å². The van der Waals surface area contributed by atoms with E-state index >= 15 is 0 Å². The van der Waals surface area contributed by atoms with Gasteiger partial charge in [0.15, 0.2) is 0 Å². The molecule has 0 fully saturated rings. The van der Waals surface area contributed by atoms with Crippen molar-refractivity contribution in [3.05, 3.63) is 48.6 Å². The summed E-state index contributed by atoms with van der Waals surface area (Å²) in [5, 5.41) is 0. The van der Waals surface area contributed by atoms with Gasteiger partial charge >= 0.3 is 0 Å². The highest BCUT2D eigenvalue weighted by Crippen LogP contribution is 2.24. The van der Waals surface area contributed by atoms with Crippen molar-refractivity contribution >= 4 is 0 Å². The third-order valence-corrected chi connectivity index (χ3v) is 3.99. The van der Waals surface area contributed by atoms with Crippen molar-refractivity contribution in [3.8, 4) is 0 Å². The van der Waals surface area contributed by atoms with Crippen LogP contribution in [-0.2, 0) is 4.74 Å². The zero-order chi connectivity index (χ0) is 14.8. The van der Waals surface area contributed by atoms with Crippen LogP contribution in [0, 0.1) is 0 Å². The number of benzene rings is 1. The standard InChI is InChI=1S/C19H30O/c1-5-7-8-12-15-19(4,6-2)20-16-17(3)18-13-10-9-11-14-18/h6,9-11,13-14,17H,2,5,7-8,12,15-16H2,1,3-4H3/t17-,19?/m0/s1. The Hall–Kier alpha value is -1.08. The number of rotatable bonds is 10. The summed E-state index contributed by atoms with van der Waals surface area (Å²) in [6.45, 7) is 11.3. The van der Waals surface area contributed by atoms with E-state index in [0.717, 1.165) is 13.0 Å². The van der Waals surface area contributed by atoms with Gasteiger partial charge in [-0.15, -0.1) is 6.58 Å². The summed E-state index contributed by atoms with van der Waals surface area (Å²) in [7, 11) is 0.